The number of aryl methyl sites for hydroxylation is 1. The number of nitrogen functional groups attached to an aromatic ring is 1. The van der Waals surface area contributed by atoms with Gasteiger partial charge in [0.1, 0.15) is 11.5 Å². The lowest BCUT2D eigenvalue weighted by Gasteiger charge is -2.03. The van der Waals surface area contributed by atoms with Gasteiger partial charge in [0.15, 0.2) is 5.82 Å². The quantitative estimate of drug-likeness (QED) is 0.858. The summed E-state index contributed by atoms with van der Waals surface area (Å²) in [5.74, 6) is 0.995. The smallest absolute Gasteiger partial charge is 0.181 e. The first-order valence-electron chi connectivity index (χ1n) is 4.39. The highest BCUT2D eigenvalue weighted by Crippen LogP contribution is 2.23. The van der Waals surface area contributed by atoms with Gasteiger partial charge in [0, 0.05) is 22.4 Å². The van der Waals surface area contributed by atoms with E-state index in [0.717, 1.165) is 10.2 Å². The molecule has 0 amide bonds. The van der Waals surface area contributed by atoms with E-state index in [0.29, 0.717) is 17.3 Å². The van der Waals surface area contributed by atoms with E-state index in [1.165, 1.54) is 0 Å². The van der Waals surface area contributed by atoms with Crippen LogP contribution in [0.2, 0.25) is 0 Å². The fourth-order valence-electron chi connectivity index (χ4n) is 1.25. The Bertz CT molecular complexity index is 478. The second-order valence-corrected chi connectivity index (χ2v) is 3.95. The van der Waals surface area contributed by atoms with E-state index in [9.17, 15) is 0 Å². The number of rotatable bonds is 1. The highest BCUT2D eigenvalue weighted by Gasteiger charge is 2.08. The molecule has 0 saturated heterocycles. The van der Waals surface area contributed by atoms with E-state index in [1.54, 1.807) is 12.3 Å². The van der Waals surface area contributed by atoms with Crippen LogP contribution in [0, 0.1) is 6.92 Å². The standard InChI is InChI=1S/C10H9BrN4/c1-6-5-8(12)15-10(14-6)9-7(11)3-2-4-13-9/h2-5H,1H3,(H2,12,14,15). The van der Waals surface area contributed by atoms with Crippen molar-refractivity contribution >= 4 is 21.7 Å². The fourth-order valence-corrected chi connectivity index (χ4v) is 1.68. The lowest BCUT2D eigenvalue weighted by Crippen LogP contribution is -1.99. The summed E-state index contributed by atoms with van der Waals surface area (Å²) < 4.78 is 0.856. The van der Waals surface area contributed by atoms with Crippen molar-refractivity contribution in [2.75, 3.05) is 5.73 Å². The molecule has 0 unspecified atom stereocenters. The van der Waals surface area contributed by atoms with E-state index < -0.39 is 0 Å². The lowest BCUT2D eigenvalue weighted by atomic mass is 10.3. The van der Waals surface area contributed by atoms with Gasteiger partial charge < -0.3 is 5.73 Å². The second-order valence-electron chi connectivity index (χ2n) is 3.09. The predicted octanol–water partition coefficient (Wildman–Crippen LogP) is 2.19. The normalized spacial score (nSPS) is 10.3. The molecule has 2 aromatic heterocycles. The van der Waals surface area contributed by atoms with Gasteiger partial charge in [0.05, 0.1) is 0 Å². The molecular weight excluding hydrogens is 256 g/mol. The third kappa shape index (κ3) is 2.12. The molecule has 2 N–H and O–H groups in total. The van der Waals surface area contributed by atoms with Crippen LogP contribution >= 0.6 is 15.9 Å². The average molecular weight is 265 g/mol. The zero-order valence-electron chi connectivity index (χ0n) is 8.11. The molecule has 0 aliphatic rings. The number of anilines is 1. The Morgan fingerprint density at radius 1 is 1.33 bits per heavy atom. The van der Waals surface area contributed by atoms with Gasteiger partial charge in [0.25, 0.3) is 0 Å². The number of hydrogen-bond acceptors (Lipinski definition) is 4. The SMILES string of the molecule is Cc1cc(N)nc(-c2ncccc2Br)n1. The summed E-state index contributed by atoms with van der Waals surface area (Å²) in [4.78, 5) is 12.6. The number of halogens is 1. The summed E-state index contributed by atoms with van der Waals surface area (Å²) in [6, 6.07) is 5.46. The average Bonchev–Trinajstić information content (AvgIpc) is 2.16. The third-order valence-corrected chi connectivity index (χ3v) is 2.48. The van der Waals surface area contributed by atoms with Crippen molar-refractivity contribution in [3.8, 4) is 11.5 Å². The Hall–Kier alpha value is -1.49. The van der Waals surface area contributed by atoms with Crippen LogP contribution in [0.25, 0.3) is 11.5 Å². The Labute approximate surface area is 95.7 Å². The van der Waals surface area contributed by atoms with Gasteiger partial charge in [0.2, 0.25) is 0 Å². The van der Waals surface area contributed by atoms with Crippen molar-refractivity contribution < 1.29 is 0 Å². The van der Waals surface area contributed by atoms with Crippen LogP contribution in [-0.4, -0.2) is 15.0 Å². The zero-order valence-corrected chi connectivity index (χ0v) is 9.69. The molecule has 0 bridgehead atoms. The van der Waals surface area contributed by atoms with Crippen LogP contribution in [0.15, 0.2) is 28.9 Å². The highest BCUT2D eigenvalue weighted by molar-refractivity contribution is 9.10. The molecule has 5 heteroatoms. The van der Waals surface area contributed by atoms with Crippen molar-refractivity contribution in [1.82, 2.24) is 15.0 Å². The molecule has 2 aromatic rings. The first-order valence-corrected chi connectivity index (χ1v) is 5.18. The van der Waals surface area contributed by atoms with Crippen LogP contribution < -0.4 is 5.73 Å². The molecule has 4 nitrogen and oxygen atoms in total. The van der Waals surface area contributed by atoms with Gasteiger partial charge in [-0.05, 0) is 35.0 Å². The third-order valence-electron chi connectivity index (χ3n) is 1.84. The predicted molar refractivity (Wildman–Crippen MR) is 62.1 cm³/mol. The lowest BCUT2D eigenvalue weighted by molar-refractivity contribution is 1.09. The van der Waals surface area contributed by atoms with Crippen LogP contribution in [0.4, 0.5) is 5.82 Å². The van der Waals surface area contributed by atoms with Gasteiger partial charge in [-0.15, -0.1) is 0 Å². The number of aromatic nitrogens is 3. The summed E-state index contributed by atoms with van der Waals surface area (Å²) in [5.41, 5.74) is 7.18. The summed E-state index contributed by atoms with van der Waals surface area (Å²) in [6.45, 7) is 1.87. The number of nitrogens with two attached hydrogens (primary N) is 1. The van der Waals surface area contributed by atoms with Crippen LogP contribution in [0.5, 0.6) is 0 Å². The Balaban J connectivity index is 2.59. The summed E-state index contributed by atoms with van der Waals surface area (Å²) in [5, 5.41) is 0. The van der Waals surface area contributed by atoms with Gasteiger partial charge in [-0.3, -0.25) is 4.98 Å². The van der Waals surface area contributed by atoms with E-state index in [4.69, 9.17) is 5.73 Å². The topological polar surface area (TPSA) is 64.7 Å². The first kappa shape index (κ1) is 10.0. The van der Waals surface area contributed by atoms with Crippen molar-refractivity contribution in [2.45, 2.75) is 6.92 Å². The van der Waals surface area contributed by atoms with Gasteiger partial charge in [-0.1, -0.05) is 0 Å². The van der Waals surface area contributed by atoms with Gasteiger partial charge in [-0.2, -0.15) is 0 Å². The Morgan fingerprint density at radius 2 is 2.13 bits per heavy atom. The van der Waals surface area contributed by atoms with Gasteiger partial charge >= 0.3 is 0 Å². The van der Waals surface area contributed by atoms with E-state index in [-0.39, 0.29) is 0 Å². The number of pyridine rings is 1. The number of hydrogen-bond donors (Lipinski definition) is 1. The summed E-state index contributed by atoms with van der Waals surface area (Å²) >= 11 is 3.40. The van der Waals surface area contributed by atoms with Crippen molar-refractivity contribution in [2.24, 2.45) is 0 Å². The van der Waals surface area contributed by atoms with Crippen molar-refractivity contribution in [3.63, 3.8) is 0 Å². The largest absolute Gasteiger partial charge is 0.384 e. The van der Waals surface area contributed by atoms with Crippen LogP contribution in [0.3, 0.4) is 0 Å². The fraction of sp³-hybridized carbons (Fsp3) is 0.100. The molecule has 2 rings (SSSR count). The minimum absolute atomic E-state index is 0.454. The number of nitrogens with zero attached hydrogens (tertiary/aromatic N) is 3. The summed E-state index contributed by atoms with van der Waals surface area (Å²) in [6.07, 6.45) is 1.70. The molecule has 0 atom stereocenters. The highest BCUT2D eigenvalue weighted by atomic mass is 79.9. The Morgan fingerprint density at radius 3 is 2.80 bits per heavy atom. The second kappa shape index (κ2) is 3.94. The minimum Gasteiger partial charge on any atom is -0.384 e. The molecular formula is C10H9BrN4. The van der Waals surface area contributed by atoms with E-state index in [2.05, 4.69) is 30.9 Å². The molecule has 15 heavy (non-hydrogen) atoms. The van der Waals surface area contributed by atoms with Crippen molar-refractivity contribution in [1.29, 1.82) is 0 Å². The maximum atomic E-state index is 5.65. The van der Waals surface area contributed by atoms with Crippen molar-refractivity contribution in [3.05, 3.63) is 34.6 Å². The first-order chi connectivity index (χ1) is 7.16. The monoisotopic (exact) mass is 264 g/mol. The summed E-state index contributed by atoms with van der Waals surface area (Å²) in [7, 11) is 0. The molecule has 2 heterocycles. The van der Waals surface area contributed by atoms with Crippen LogP contribution in [-0.2, 0) is 0 Å². The van der Waals surface area contributed by atoms with Gasteiger partial charge in [-0.25, -0.2) is 9.97 Å². The molecule has 76 valence electrons. The Kier molecular flexibility index (Phi) is 2.64. The minimum atomic E-state index is 0.454. The molecule has 0 aliphatic carbocycles. The molecule has 0 spiro atoms. The zero-order chi connectivity index (χ0) is 10.8. The molecule has 0 fully saturated rings. The molecule has 0 aromatic carbocycles. The molecule has 0 radical (unpaired) electrons. The maximum absolute atomic E-state index is 5.65. The van der Waals surface area contributed by atoms with E-state index in [1.807, 2.05) is 19.1 Å². The molecule has 0 aliphatic heterocycles. The van der Waals surface area contributed by atoms with E-state index >= 15 is 0 Å². The molecule has 0 saturated carbocycles. The van der Waals surface area contributed by atoms with Crippen LogP contribution in [0.1, 0.15) is 5.69 Å². The maximum Gasteiger partial charge on any atom is 0.181 e.